The third-order valence-electron chi connectivity index (χ3n) is 1.92. The van der Waals surface area contributed by atoms with Gasteiger partial charge in [0.1, 0.15) is 17.6 Å². The first kappa shape index (κ1) is 10.5. The number of aromatic nitrogens is 1. The number of rotatable bonds is 4. The first-order valence-corrected chi connectivity index (χ1v) is 4.54. The van der Waals surface area contributed by atoms with Crippen LogP contribution in [0.5, 0.6) is 0 Å². The normalized spacial score (nSPS) is 9.50. The van der Waals surface area contributed by atoms with Crippen LogP contribution < -0.4 is 4.90 Å². The van der Waals surface area contributed by atoms with Crippen LogP contribution in [0.15, 0.2) is 18.2 Å². The standard InChI is InChI=1S/C10H13N3O/c1-2-13(6-7-14)10-5-3-4-9(8-11)12-10/h3-5,14H,2,6-7H2,1H3. The third kappa shape index (κ3) is 2.44. The quantitative estimate of drug-likeness (QED) is 0.763. The third-order valence-corrected chi connectivity index (χ3v) is 1.92. The molecule has 0 saturated carbocycles. The monoisotopic (exact) mass is 191 g/mol. The molecule has 1 rings (SSSR count). The number of hydrogen-bond acceptors (Lipinski definition) is 4. The van der Waals surface area contributed by atoms with E-state index in [1.54, 1.807) is 12.1 Å². The molecule has 0 aromatic carbocycles. The summed E-state index contributed by atoms with van der Waals surface area (Å²) in [6, 6.07) is 7.28. The van der Waals surface area contributed by atoms with E-state index in [9.17, 15) is 0 Å². The van der Waals surface area contributed by atoms with Crippen molar-refractivity contribution >= 4 is 5.82 Å². The van der Waals surface area contributed by atoms with Crippen LogP contribution >= 0.6 is 0 Å². The summed E-state index contributed by atoms with van der Waals surface area (Å²) in [6.45, 7) is 3.38. The largest absolute Gasteiger partial charge is 0.395 e. The molecule has 0 amide bonds. The van der Waals surface area contributed by atoms with E-state index in [-0.39, 0.29) is 6.61 Å². The van der Waals surface area contributed by atoms with Gasteiger partial charge in [0, 0.05) is 13.1 Å². The highest BCUT2D eigenvalue weighted by Gasteiger charge is 2.04. The van der Waals surface area contributed by atoms with Gasteiger partial charge in [-0.25, -0.2) is 4.98 Å². The second-order valence-corrected chi connectivity index (χ2v) is 2.80. The van der Waals surface area contributed by atoms with Crippen molar-refractivity contribution < 1.29 is 5.11 Å². The molecule has 74 valence electrons. The average Bonchev–Trinajstić information content (AvgIpc) is 2.26. The minimum Gasteiger partial charge on any atom is -0.395 e. The number of likely N-dealkylation sites (N-methyl/N-ethyl adjacent to an activating group) is 1. The molecule has 1 N–H and O–H groups in total. The second kappa shape index (κ2) is 5.20. The van der Waals surface area contributed by atoms with Crippen molar-refractivity contribution in [1.82, 2.24) is 4.98 Å². The Kier molecular flexibility index (Phi) is 3.89. The molecular weight excluding hydrogens is 178 g/mol. The highest BCUT2D eigenvalue weighted by Crippen LogP contribution is 2.10. The molecular formula is C10H13N3O. The number of nitrogens with zero attached hydrogens (tertiary/aromatic N) is 3. The van der Waals surface area contributed by atoms with Crippen molar-refractivity contribution in [2.45, 2.75) is 6.92 Å². The summed E-state index contributed by atoms with van der Waals surface area (Å²) in [7, 11) is 0. The molecule has 14 heavy (non-hydrogen) atoms. The molecule has 4 nitrogen and oxygen atoms in total. The maximum atomic E-state index is 8.82. The predicted octanol–water partition coefficient (Wildman–Crippen LogP) is 0.772. The van der Waals surface area contributed by atoms with Gasteiger partial charge in [-0.1, -0.05) is 6.07 Å². The number of aliphatic hydroxyl groups excluding tert-OH is 1. The number of nitriles is 1. The van der Waals surface area contributed by atoms with E-state index in [1.807, 2.05) is 24.0 Å². The molecule has 1 heterocycles. The van der Waals surface area contributed by atoms with Crippen molar-refractivity contribution in [3.05, 3.63) is 23.9 Å². The molecule has 0 bridgehead atoms. The summed E-state index contributed by atoms with van der Waals surface area (Å²) >= 11 is 0. The highest BCUT2D eigenvalue weighted by molar-refractivity contribution is 5.41. The summed E-state index contributed by atoms with van der Waals surface area (Å²) in [5.74, 6) is 0.737. The van der Waals surface area contributed by atoms with Crippen LogP contribution in [0.3, 0.4) is 0 Å². The Morgan fingerprint density at radius 1 is 1.57 bits per heavy atom. The topological polar surface area (TPSA) is 60.1 Å². The number of hydrogen-bond donors (Lipinski definition) is 1. The molecule has 0 aliphatic rings. The Balaban J connectivity index is 2.87. The fourth-order valence-corrected chi connectivity index (χ4v) is 1.22. The fraction of sp³-hybridized carbons (Fsp3) is 0.400. The van der Waals surface area contributed by atoms with Gasteiger partial charge < -0.3 is 10.0 Å². The van der Waals surface area contributed by atoms with Crippen LogP contribution in [0.4, 0.5) is 5.82 Å². The maximum Gasteiger partial charge on any atom is 0.142 e. The van der Waals surface area contributed by atoms with Gasteiger partial charge in [-0.3, -0.25) is 0 Å². The van der Waals surface area contributed by atoms with Crippen molar-refractivity contribution in [2.24, 2.45) is 0 Å². The van der Waals surface area contributed by atoms with Crippen LogP contribution in [0.1, 0.15) is 12.6 Å². The van der Waals surface area contributed by atoms with Gasteiger partial charge in [0.15, 0.2) is 0 Å². The highest BCUT2D eigenvalue weighted by atomic mass is 16.3. The molecule has 0 spiro atoms. The lowest BCUT2D eigenvalue weighted by atomic mass is 10.3. The number of anilines is 1. The Bertz CT molecular complexity index is 332. The van der Waals surface area contributed by atoms with Crippen molar-refractivity contribution in [3.63, 3.8) is 0 Å². The molecule has 4 heteroatoms. The first-order valence-electron chi connectivity index (χ1n) is 4.54. The average molecular weight is 191 g/mol. The molecule has 1 aromatic rings. The summed E-state index contributed by atoms with van der Waals surface area (Å²) < 4.78 is 0. The van der Waals surface area contributed by atoms with Gasteiger partial charge in [-0.2, -0.15) is 5.26 Å². The lowest BCUT2D eigenvalue weighted by Gasteiger charge is -2.20. The van der Waals surface area contributed by atoms with E-state index in [2.05, 4.69) is 4.98 Å². The predicted molar refractivity (Wildman–Crippen MR) is 53.9 cm³/mol. The van der Waals surface area contributed by atoms with Gasteiger partial charge in [0.25, 0.3) is 0 Å². The molecule has 0 atom stereocenters. The van der Waals surface area contributed by atoms with Gasteiger partial charge in [-0.05, 0) is 19.1 Å². The zero-order chi connectivity index (χ0) is 10.4. The molecule has 0 fully saturated rings. The van der Waals surface area contributed by atoms with Gasteiger partial charge >= 0.3 is 0 Å². The molecule has 0 radical (unpaired) electrons. The van der Waals surface area contributed by atoms with E-state index in [0.717, 1.165) is 12.4 Å². The SMILES string of the molecule is CCN(CCO)c1cccc(C#N)n1. The molecule has 0 saturated heterocycles. The van der Waals surface area contributed by atoms with E-state index in [1.165, 1.54) is 0 Å². The Hall–Kier alpha value is -1.60. The Morgan fingerprint density at radius 3 is 2.93 bits per heavy atom. The van der Waals surface area contributed by atoms with Gasteiger partial charge in [0.2, 0.25) is 0 Å². The van der Waals surface area contributed by atoms with Crippen molar-refractivity contribution in [1.29, 1.82) is 5.26 Å². The van der Waals surface area contributed by atoms with Crippen LogP contribution in [-0.4, -0.2) is 29.8 Å². The summed E-state index contributed by atoms with van der Waals surface area (Å²) in [5.41, 5.74) is 0.402. The Morgan fingerprint density at radius 2 is 2.36 bits per heavy atom. The summed E-state index contributed by atoms with van der Waals surface area (Å²) in [4.78, 5) is 6.05. The van der Waals surface area contributed by atoms with Gasteiger partial charge in [-0.15, -0.1) is 0 Å². The zero-order valence-electron chi connectivity index (χ0n) is 8.14. The first-order chi connectivity index (χ1) is 6.81. The number of pyridine rings is 1. The summed E-state index contributed by atoms with van der Waals surface area (Å²) in [5, 5.41) is 17.5. The van der Waals surface area contributed by atoms with Crippen LogP contribution in [-0.2, 0) is 0 Å². The second-order valence-electron chi connectivity index (χ2n) is 2.80. The minimum absolute atomic E-state index is 0.0896. The van der Waals surface area contributed by atoms with Gasteiger partial charge in [0.05, 0.1) is 6.61 Å². The zero-order valence-corrected chi connectivity index (χ0v) is 8.14. The fourth-order valence-electron chi connectivity index (χ4n) is 1.22. The minimum atomic E-state index is 0.0896. The smallest absolute Gasteiger partial charge is 0.142 e. The van der Waals surface area contributed by atoms with Crippen molar-refractivity contribution in [2.75, 3.05) is 24.6 Å². The van der Waals surface area contributed by atoms with E-state index < -0.39 is 0 Å². The number of aliphatic hydroxyl groups is 1. The van der Waals surface area contributed by atoms with Crippen LogP contribution in [0.2, 0.25) is 0 Å². The van der Waals surface area contributed by atoms with Crippen LogP contribution in [0, 0.1) is 11.3 Å². The van der Waals surface area contributed by atoms with E-state index >= 15 is 0 Å². The molecule has 0 aliphatic carbocycles. The molecule has 1 aromatic heterocycles. The van der Waals surface area contributed by atoms with E-state index in [4.69, 9.17) is 10.4 Å². The lowest BCUT2D eigenvalue weighted by molar-refractivity contribution is 0.302. The van der Waals surface area contributed by atoms with E-state index in [0.29, 0.717) is 12.2 Å². The molecule has 0 aliphatic heterocycles. The van der Waals surface area contributed by atoms with Crippen LogP contribution in [0.25, 0.3) is 0 Å². The van der Waals surface area contributed by atoms with Crippen molar-refractivity contribution in [3.8, 4) is 6.07 Å². The molecule has 0 unspecified atom stereocenters. The summed E-state index contributed by atoms with van der Waals surface area (Å²) in [6.07, 6.45) is 0. The maximum absolute atomic E-state index is 8.82. The lowest BCUT2D eigenvalue weighted by Crippen LogP contribution is -2.27. The Labute approximate surface area is 83.4 Å².